The van der Waals surface area contributed by atoms with Gasteiger partial charge in [0.2, 0.25) is 11.8 Å². The van der Waals surface area contributed by atoms with Gasteiger partial charge in [-0.05, 0) is 234 Å². The van der Waals surface area contributed by atoms with Crippen molar-refractivity contribution in [3.63, 3.8) is 0 Å². The van der Waals surface area contributed by atoms with Crippen LogP contribution < -0.4 is 71.2 Å². The molecule has 9 aromatic rings. The van der Waals surface area contributed by atoms with Crippen LogP contribution in [0.5, 0.6) is 0 Å². The van der Waals surface area contributed by atoms with E-state index in [1.807, 2.05) is 34.9 Å². The number of nitrogens with zero attached hydrogens (tertiary/aromatic N) is 7. The Balaban J connectivity index is 0.000000567. The monoisotopic (exact) mass is 1920 g/mol. The molecule has 0 heterocycles. The number of aryl methyl sites for hydroxylation is 7. The van der Waals surface area contributed by atoms with Crippen LogP contribution in [-0.2, 0) is 22.4 Å². The molecule has 0 bridgehead atoms. The second-order valence-electron chi connectivity index (χ2n) is 36.6. The third-order valence-corrected chi connectivity index (χ3v) is 24.5. The van der Waals surface area contributed by atoms with Crippen LogP contribution in [0, 0.1) is 47.5 Å². The lowest BCUT2D eigenvalue weighted by Gasteiger charge is -2.30. The molecule has 140 heavy (non-hydrogen) atoms. The summed E-state index contributed by atoms with van der Waals surface area (Å²) in [5.41, 5.74) is 59.9. The molecule has 18 N–H and O–H groups in total. The van der Waals surface area contributed by atoms with E-state index in [-0.39, 0.29) is 29.4 Å². The number of benzene rings is 9. The fraction of sp³-hybridized carbons (Fsp3) is 0.508. The molecule has 776 valence electrons. The predicted octanol–water partition coefficient (Wildman–Crippen LogP) is 19.1. The minimum atomic E-state index is -0.206. The molecule has 9 rings (SSSR count). The molecule has 0 radical (unpaired) electrons. The van der Waals surface area contributed by atoms with Gasteiger partial charge < -0.3 is 81.0 Å². The van der Waals surface area contributed by atoms with Crippen LogP contribution >= 0.6 is 0 Å². The van der Waals surface area contributed by atoms with Gasteiger partial charge in [0.1, 0.15) is 0 Å². The van der Waals surface area contributed by atoms with E-state index in [0.717, 1.165) is 169 Å². The number of Topliss-reactive ketones (excluding diaryl/α,β-unsaturated/α-hetero) is 1. The van der Waals surface area contributed by atoms with Crippen LogP contribution in [-0.4, -0.2) is 233 Å². The van der Waals surface area contributed by atoms with E-state index < -0.39 is 0 Å². The predicted molar refractivity (Wildman–Crippen MR) is 602 cm³/mol. The minimum absolute atomic E-state index is 0.0166. The first-order valence-electron chi connectivity index (χ1n) is 52.3. The van der Waals surface area contributed by atoms with E-state index in [1.54, 1.807) is 29.2 Å². The zero-order chi connectivity index (χ0) is 103. The average molecular weight is 1920 g/mol. The summed E-state index contributed by atoms with van der Waals surface area (Å²) in [5, 5.41) is 13.1. The van der Waals surface area contributed by atoms with E-state index in [1.165, 1.54) is 142 Å². The Hall–Kier alpha value is -9.86. The first-order chi connectivity index (χ1) is 67.6. The number of hydrogen-bond acceptors (Lipinski definition) is 19. The van der Waals surface area contributed by atoms with Crippen molar-refractivity contribution in [3.8, 4) is 0 Å². The Kier molecular flexibility index (Phi) is 72.7. The van der Waals surface area contributed by atoms with Gasteiger partial charge in [-0.1, -0.05) is 272 Å². The minimum Gasteiger partial charge on any atom is -0.369 e. The summed E-state index contributed by atoms with van der Waals surface area (Å²) in [4.78, 5) is 60.2. The van der Waals surface area contributed by atoms with Crippen molar-refractivity contribution in [1.29, 1.82) is 0 Å². The summed E-state index contributed by atoms with van der Waals surface area (Å²) in [7, 11) is 5.93. The molecule has 3 amide bonds. The van der Waals surface area contributed by atoms with Gasteiger partial charge in [-0.15, -0.1) is 0 Å². The third-order valence-electron chi connectivity index (χ3n) is 24.5. The van der Waals surface area contributed by atoms with Crippen LogP contribution in [0.3, 0.4) is 0 Å². The lowest BCUT2D eigenvalue weighted by Crippen LogP contribution is -2.45. The molecule has 0 aliphatic rings. The van der Waals surface area contributed by atoms with Gasteiger partial charge in [-0.25, -0.2) is 0 Å². The zero-order valence-electron chi connectivity index (χ0n) is 89.8. The van der Waals surface area contributed by atoms with Gasteiger partial charge >= 0.3 is 0 Å². The van der Waals surface area contributed by atoms with E-state index >= 15 is 0 Å². The molecule has 0 spiro atoms. The molecule has 0 fully saturated rings. The molecular weight excluding hydrogens is 1730 g/mol. The topological polar surface area (TPSA) is 321 Å². The molecule has 0 aliphatic heterocycles. The lowest BCUT2D eigenvalue weighted by atomic mass is 9.99. The number of unbranched alkanes of at least 4 members (excludes halogenated alkanes) is 8. The Morgan fingerprint density at radius 3 is 1.06 bits per heavy atom. The number of ketones is 1. The molecule has 0 saturated carbocycles. The van der Waals surface area contributed by atoms with Crippen LogP contribution in [0.25, 0.3) is 0 Å². The smallest absolute Gasteiger partial charge is 0.251 e. The largest absolute Gasteiger partial charge is 0.369 e. The lowest BCUT2D eigenvalue weighted by molar-refractivity contribution is -0.129. The van der Waals surface area contributed by atoms with Crippen molar-refractivity contribution in [2.45, 2.75) is 206 Å². The number of anilines is 5. The van der Waals surface area contributed by atoms with Gasteiger partial charge in [-0.2, -0.15) is 0 Å². The maximum atomic E-state index is 12.0. The summed E-state index contributed by atoms with van der Waals surface area (Å²) in [5.74, 6) is 0.732. The highest BCUT2D eigenvalue weighted by Gasteiger charge is 2.17. The summed E-state index contributed by atoms with van der Waals surface area (Å²) in [6.07, 6.45) is 17.9. The molecule has 22 nitrogen and oxygen atoms in total. The summed E-state index contributed by atoms with van der Waals surface area (Å²) >= 11 is 0. The van der Waals surface area contributed by atoms with Gasteiger partial charge in [0.25, 0.3) is 5.91 Å². The SMILES string of the molecule is CCC(C)C(N)=O.CCC(C)c1ccccc1.CCCN(C)C(=O)CC.CCc1ccc(Cc2ccc(C)cc2)cc1.CNCCCCCCCCCNC(=O)c1ccc(C(C)=O)cc1.Cc1ccc(N(C)c2ccc(C)cc2)cc1.Cc1ccc(N(c2ccc(C)cc2)c2ccc(C)cc2)cc1.NCCCCCN(CCN(CCN)CCN)CCN(CCNCCN)CCNCCN(CCN)CCN. The van der Waals surface area contributed by atoms with Gasteiger partial charge in [0, 0.05) is 210 Å². The highest BCUT2D eigenvalue weighted by Crippen LogP contribution is 2.35. The van der Waals surface area contributed by atoms with Crippen molar-refractivity contribution in [3.05, 3.63) is 291 Å². The highest BCUT2D eigenvalue weighted by molar-refractivity contribution is 5.97. The molecule has 2 atom stereocenters. The second kappa shape index (κ2) is 80.7. The normalized spacial score (nSPS) is 11.1. The Morgan fingerprint density at radius 2 is 0.700 bits per heavy atom. The molecular formula is C118H190N18O4. The van der Waals surface area contributed by atoms with E-state index in [9.17, 15) is 19.2 Å². The van der Waals surface area contributed by atoms with E-state index in [0.29, 0.717) is 62.7 Å². The van der Waals surface area contributed by atoms with E-state index in [2.05, 4.69) is 327 Å². The zero-order valence-corrected chi connectivity index (χ0v) is 89.8. The first-order valence-corrected chi connectivity index (χ1v) is 52.3. The van der Waals surface area contributed by atoms with Crippen molar-refractivity contribution < 1.29 is 19.2 Å². The maximum Gasteiger partial charge on any atom is 0.251 e. The van der Waals surface area contributed by atoms with Crippen LogP contribution in [0.1, 0.15) is 228 Å². The number of carbonyl (C=O) groups excluding carboxylic acids is 4. The molecule has 22 heteroatoms. The van der Waals surface area contributed by atoms with Crippen molar-refractivity contribution in [2.75, 3.05) is 195 Å². The van der Waals surface area contributed by atoms with Gasteiger partial charge in [-0.3, -0.25) is 33.9 Å². The molecule has 0 aromatic heterocycles. The molecule has 9 aromatic carbocycles. The van der Waals surface area contributed by atoms with Crippen molar-refractivity contribution in [2.24, 2.45) is 46.1 Å². The highest BCUT2D eigenvalue weighted by atomic mass is 16.2. The summed E-state index contributed by atoms with van der Waals surface area (Å²) < 4.78 is 0. The summed E-state index contributed by atoms with van der Waals surface area (Å²) in [6.45, 7) is 51.0. The van der Waals surface area contributed by atoms with Crippen LogP contribution in [0.4, 0.5) is 28.4 Å². The van der Waals surface area contributed by atoms with Gasteiger partial charge in [0.15, 0.2) is 5.78 Å². The number of hydrogen-bond donors (Lipinski definition) is 11. The Bertz CT molecular complexity index is 4350. The van der Waals surface area contributed by atoms with Crippen LogP contribution in [0.2, 0.25) is 0 Å². The van der Waals surface area contributed by atoms with Crippen LogP contribution in [0.15, 0.2) is 224 Å². The molecule has 0 saturated heterocycles. The van der Waals surface area contributed by atoms with Gasteiger partial charge in [0.05, 0.1) is 0 Å². The van der Waals surface area contributed by atoms with Crippen molar-refractivity contribution >= 4 is 51.9 Å². The number of nitrogens with two attached hydrogens (primary N) is 7. The number of nitrogens with one attached hydrogen (secondary N) is 4. The quantitative estimate of drug-likeness (QED) is 0.0125. The fourth-order valence-corrected chi connectivity index (χ4v) is 14.8. The summed E-state index contributed by atoms with van der Waals surface area (Å²) in [6, 6.07) is 78.3. The third kappa shape index (κ3) is 59.1. The molecule has 0 aliphatic carbocycles. The number of carbonyl (C=O) groups is 4. The number of rotatable bonds is 57. The standard InChI is InChI=1S/C25H64N12.C21H21N.C19H30N2O2.C16H18.C15H17N.C10H14.C7H15NO.C5H11NO/c26-4-2-1-3-14-34(22-24-36(17-8-30)18-9-31)23-25-37(20-11-32-10-5-27)21-13-33-12-19-35(15-6-28)16-7-29;1-16-4-10-19(11-5-16)22(20-12-6-17(2)7-13-20)21-14-8-18(3)9-15-21;1-16(22)17-10-12-18(13-11-17)19(23)21-15-9-7-5-3-4-6-8-14-20-2;1-3-14-8-10-16(11-9-14)12-15-6-4-13(2)5-7-15;1-12-4-8-14(9-5-12)16(3)15-10-6-13(2)7-11-15;1-3-9(2)10-7-5-4-6-8-10;1-4-6-8(3)7(9)5-2;1-3-4(2)5(6)7/h32-33H,1-31H2;4-15H,1-3H3;10-13,20H,3-9,14-15H2,1-2H3,(H,21,23);4-11H,3,12H2,1-2H3;4-11H,1-3H3;4-9H,3H2,1-2H3;4-6H2,1-3H3;4H,3H2,1-2H3,(H2,6,7). The number of amides is 3. The maximum absolute atomic E-state index is 12.0. The molecule has 2 unspecified atom stereocenters. The fourth-order valence-electron chi connectivity index (χ4n) is 14.8. The second-order valence-corrected chi connectivity index (χ2v) is 36.6. The number of primary amides is 1. The van der Waals surface area contributed by atoms with Crippen molar-refractivity contribution in [1.82, 2.24) is 45.8 Å². The Labute approximate surface area is 849 Å². The first kappa shape index (κ1) is 126. The average Bonchev–Trinajstić information content (AvgIpc) is 0.809. The Morgan fingerprint density at radius 1 is 0.343 bits per heavy atom. The van der Waals surface area contributed by atoms with E-state index in [4.69, 9.17) is 40.1 Å².